The molecule has 0 saturated carbocycles. The quantitative estimate of drug-likeness (QED) is 0.498. The van der Waals surface area contributed by atoms with Gasteiger partial charge in [-0.25, -0.2) is 0 Å². The van der Waals surface area contributed by atoms with Crippen LogP contribution in [-0.2, 0) is 9.22 Å². The lowest BCUT2D eigenvalue weighted by Gasteiger charge is -2.19. The van der Waals surface area contributed by atoms with E-state index in [4.69, 9.17) is 4.43 Å². The fourth-order valence-electron chi connectivity index (χ4n) is 0.749. The smallest absolute Gasteiger partial charge is 0.295 e. The van der Waals surface area contributed by atoms with Crippen LogP contribution in [0.4, 0.5) is 0 Å². The van der Waals surface area contributed by atoms with Crippen LogP contribution in [0.5, 0.6) is 0 Å². The van der Waals surface area contributed by atoms with Crippen LogP contribution in [0.3, 0.4) is 0 Å². The van der Waals surface area contributed by atoms with Gasteiger partial charge in [0.05, 0.1) is 5.92 Å². The molecule has 0 aromatic carbocycles. The summed E-state index contributed by atoms with van der Waals surface area (Å²) in [5.74, 6) is -0.136. The Bertz CT molecular complexity index is 170. The van der Waals surface area contributed by atoms with Gasteiger partial charge in [-0.15, -0.1) is 6.58 Å². The van der Waals surface area contributed by atoms with E-state index in [2.05, 4.69) is 6.58 Å². The van der Waals surface area contributed by atoms with Gasteiger partial charge in [0.15, 0.2) is 0 Å². The number of hydrogen-bond donors (Lipinski definition) is 0. The maximum Gasteiger partial charge on any atom is 0.295 e. The second kappa shape index (κ2) is 4.45. The summed E-state index contributed by atoms with van der Waals surface area (Å²) in [7, 11) is -1.70. The molecule has 0 aromatic heterocycles. The van der Waals surface area contributed by atoms with Crippen molar-refractivity contribution >= 4 is 14.3 Å². The molecule has 2 nitrogen and oxygen atoms in total. The van der Waals surface area contributed by atoms with Gasteiger partial charge in [-0.05, 0) is 26.1 Å². The molecule has 0 saturated heterocycles. The zero-order chi connectivity index (χ0) is 9.78. The van der Waals surface area contributed by atoms with Crippen molar-refractivity contribution in [2.45, 2.75) is 33.0 Å². The van der Waals surface area contributed by atoms with Crippen LogP contribution in [-0.4, -0.2) is 14.3 Å². The third-order valence-electron chi connectivity index (χ3n) is 1.33. The third kappa shape index (κ3) is 5.13. The SMILES string of the molecule is C=CCC(C)C(=O)O[Si](C)(C)C. The predicted octanol–water partition coefficient (Wildman–Crippen LogP) is 2.58. The number of allylic oxidation sites excluding steroid dienone is 1. The van der Waals surface area contributed by atoms with Gasteiger partial charge in [-0.2, -0.15) is 0 Å². The summed E-state index contributed by atoms with van der Waals surface area (Å²) in [4.78, 5) is 11.3. The van der Waals surface area contributed by atoms with E-state index in [1.54, 1.807) is 6.08 Å². The first-order valence-electron chi connectivity index (χ1n) is 4.20. The third-order valence-corrected chi connectivity index (χ3v) is 2.14. The Balaban J connectivity index is 3.95. The molecular formula is C9H18O2Si. The highest BCUT2D eigenvalue weighted by atomic mass is 28.4. The van der Waals surface area contributed by atoms with Gasteiger partial charge in [0.25, 0.3) is 5.97 Å². The fraction of sp³-hybridized carbons (Fsp3) is 0.667. The number of rotatable bonds is 4. The molecule has 0 aromatic rings. The van der Waals surface area contributed by atoms with Gasteiger partial charge in [-0.3, -0.25) is 4.79 Å². The van der Waals surface area contributed by atoms with Crippen LogP contribution < -0.4 is 0 Å². The van der Waals surface area contributed by atoms with E-state index < -0.39 is 8.32 Å². The van der Waals surface area contributed by atoms with E-state index in [1.165, 1.54) is 0 Å². The molecule has 0 fully saturated rings. The molecule has 12 heavy (non-hydrogen) atoms. The highest BCUT2D eigenvalue weighted by molar-refractivity contribution is 6.71. The standard InChI is InChI=1S/C9H18O2Si/c1-6-7-8(2)9(10)11-12(3,4)5/h6,8H,1,7H2,2-5H3. The second-order valence-corrected chi connectivity index (χ2v) is 8.39. The van der Waals surface area contributed by atoms with Crippen molar-refractivity contribution in [1.29, 1.82) is 0 Å². The summed E-state index contributed by atoms with van der Waals surface area (Å²) in [6, 6.07) is 0. The molecule has 70 valence electrons. The lowest BCUT2D eigenvalue weighted by Crippen LogP contribution is -2.31. The number of carbonyl (C=O) groups is 1. The lowest BCUT2D eigenvalue weighted by atomic mass is 10.1. The summed E-state index contributed by atoms with van der Waals surface area (Å²) in [6.07, 6.45) is 2.44. The van der Waals surface area contributed by atoms with Gasteiger partial charge >= 0.3 is 0 Å². The summed E-state index contributed by atoms with van der Waals surface area (Å²) in [5.41, 5.74) is 0. The Morgan fingerprint density at radius 3 is 2.42 bits per heavy atom. The molecule has 3 heteroatoms. The lowest BCUT2D eigenvalue weighted by molar-refractivity contribution is -0.139. The summed E-state index contributed by atoms with van der Waals surface area (Å²) in [6.45, 7) is 11.5. The molecule has 1 unspecified atom stereocenters. The second-order valence-electron chi connectivity index (χ2n) is 3.96. The van der Waals surface area contributed by atoms with Crippen molar-refractivity contribution in [2.75, 3.05) is 0 Å². The summed E-state index contributed by atoms with van der Waals surface area (Å²) < 4.78 is 5.30. The average Bonchev–Trinajstić information content (AvgIpc) is 1.84. The summed E-state index contributed by atoms with van der Waals surface area (Å²) >= 11 is 0. The van der Waals surface area contributed by atoms with E-state index >= 15 is 0 Å². The number of hydrogen-bond acceptors (Lipinski definition) is 2. The highest BCUT2D eigenvalue weighted by Gasteiger charge is 2.22. The van der Waals surface area contributed by atoms with Gasteiger partial charge in [0.2, 0.25) is 8.32 Å². The molecule has 0 amide bonds. The van der Waals surface area contributed by atoms with Gasteiger partial charge < -0.3 is 4.43 Å². The minimum atomic E-state index is -1.70. The largest absolute Gasteiger partial charge is 0.520 e. The minimum Gasteiger partial charge on any atom is -0.520 e. The maximum atomic E-state index is 11.3. The maximum absolute atomic E-state index is 11.3. The Hall–Kier alpha value is -0.573. The number of carbonyl (C=O) groups excluding carboxylic acids is 1. The van der Waals surface area contributed by atoms with Crippen molar-refractivity contribution in [3.05, 3.63) is 12.7 Å². The molecule has 0 bridgehead atoms. The van der Waals surface area contributed by atoms with E-state index in [0.29, 0.717) is 6.42 Å². The van der Waals surface area contributed by atoms with Crippen molar-refractivity contribution < 1.29 is 9.22 Å². The molecule has 0 N–H and O–H groups in total. The summed E-state index contributed by atoms with van der Waals surface area (Å²) in [5, 5.41) is 0. The van der Waals surface area contributed by atoms with E-state index in [1.807, 2.05) is 26.6 Å². The Kier molecular flexibility index (Phi) is 4.24. The van der Waals surface area contributed by atoms with Crippen LogP contribution in [0, 0.1) is 5.92 Å². The molecular weight excluding hydrogens is 168 g/mol. The molecule has 0 heterocycles. The van der Waals surface area contributed by atoms with Crippen LogP contribution in [0.25, 0.3) is 0 Å². The highest BCUT2D eigenvalue weighted by Crippen LogP contribution is 2.10. The molecule has 1 atom stereocenters. The van der Waals surface area contributed by atoms with Crippen molar-refractivity contribution in [2.24, 2.45) is 5.92 Å². The Morgan fingerprint density at radius 1 is 1.58 bits per heavy atom. The van der Waals surface area contributed by atoms with Crippen molar-refractivity contribution in [3.8, 4) is 0 Å². The molecule has 0 aliphatic heterocycles. The topological polar surface area (TPSA) is 26.3 Å². The van der Waals surface area contributed by atoms with E-state index in [9.17, 15) is 4.79 Å². The first-order chi connectivity index (χ1) is 5.37. The van der Waals surface area contributed by atoms with Crippen LogP contribution in [0.2, 0.25) is 19.6 Å². The zero-order valence-electron chi connectivity index (χ0n) is 8.39. The van der Waals surface area contributed by atoms with E-state index in [-0.39, 0.29) is 11.9 Å². The van der Waals surface area contributed by atoms with Crippen LogP contribution in [0.1, 0.15) is 13.3 Å². The van der Waals surface area contributed by atoms with Crippen LogP contribution >= 0.6 is 0 Å². The minimum absolute atomic E-state index is 0.0470. The van der Waals surface area contributed by atoms with Crippen molar-refractivity contribution in [1.82, 2.24) is 0 Å². The van der Waals surface area contributed by atoms with Gasteiger partial charge in [0, 0.05) is 0 Å². The zero-order valence-corrected chi connectivity index (χ0v) is 9.39. The van der Waals surface area contributed by atoms with E-state index in [0.717, 1.165) is 0 Å². The molecule has 0 aliphatic rings. The first-order valence-corrected chi connectivity index (χ1v) is 7.61. The first kappa shape index (κ1) is 11.4. The molecule has 0 aliphatic carbocycles. The normalized spacial score (nSPS) is 13.7. The molecule has 0 spiro atoms. The predicted molar refractivity (Wildman–Crippen MR) is 53.4 cm³/mol. The van der Waals surface area contributed by atoms with Gasteiger partial charge in [-0.1, -0.05) is 13.0 Å². The Morgan fingerprint density at radius 2 is 2.08 bits per heavy atom. The van der Waals surface area contributed by atoms with Gasteiger partial charge in [0.1, 0.15) is 0 Å². The van der Waals surface area contributed by atoms with Crippen molar-refractivity contribution in [3.63, 3.8) is 0 Å². The Labute approximate surface area is 75.7 Å². The van der Waals surface area contributed by atoms with Crippen LogP contribution in [0.15, 0.2) is 12.7 Å². The average molecular weight is 186 g/mol. The molecule has 0 radical (unpaired) electrons. The molecule has 0 rings (SSSR count). The fourth-order valence-corrected chi connectivity index (χ4v) is 1.55. The monoisotopic (exact) mass is 186 g/mol.